The molecule has 0 saturated heterocycles. The molecule has 2 heterocycles. The molecule has 0 N–H and O–H groups in total. The first-order valence-corrected chi connectivity index (χ1v) is 14.4. The predicted octanol–water partition coefficient (Wildman–Crippen LogP) is 9.28. The number of nitrogens with zero attached hydrogens (tertiary/aromatic N) is 3. The molecule has 2 saturated carbocycles. The van der Waals surface area contributed by atoms with Gasteiger partial charge in [0.15, 0.2) is 0 Å². The van der Waals surface area contributed by atoms with Crippen LogP contribution in [0.5, 0.6) is 0 Å². The van der Waals surface area contributed by atoms with Crippen LogP contribution in [0.25, 0.3) is 38.9 Å². The van der Waals surface area contributed by atoms with Crippen LogP contribution in [0.2, 0.25) is 0 Å². The molecule has 0 unspecified atom stereocenters. The molecule has 2 aliphatic rings. The third-order valence-corrected chi connectivity index (χ3v) is 9.21. The first-order valence-electron chi connectivity index (χ1n) is 14.4. The molecule has 188 valence electrons. The molecule has 3 heteroatoms. The summed E-state index contributed by atoms with van der Waals surface area (Å²) >= 11 is 0. The predicted molar refractivity (Wildman–Crippen MR) is 155 cm³/mol. The van der Waals surface area contributed by atoms with Crippen LogP contribution in [-0.2, 0) is 7.05 Å². The van der Waals surface area contributed by atoms with Gasteiger partial charge in [0.05, 0.1) is 5.69 Å². The van der Waals surface area contributed by atoms with E-state index in [1.807, 2.05) is 6.20 Å². The molecule has 37 heavy (non-hydrogen) atoms. The lowest BCUT2D eigenvalue weighted by Crippen LogP contribution is -2.15. The van der Waals surface area contributed by atoms with Crippen LogP contribution in [0.3, 0.4) is 0 Å². The zero-order chi connectivity index (χ0) is 24.8. The van der Waals surface area contributed by atoms with Gasteiger partial charge in [-0.3, -0.25) is 4.57 Å². The molecule has 2 aromatic heterocycles. The lowest BCUT2D eigenvalue weighted by Gasteiger charge is -2.31. The molecule has 2 fully saturated rings. The van der Waals surface area contributed by atoms with Crippen molar-refractivity contribution in [2.75, 3.05) is 0 Å². The zero-order valence-corrected chi connectivity index (χ0v) is 22.0. The topological polar surface area (TPSA) is 22.8 Å². The van der Waals surface area contributed by atoms with Crippen LogP contribution in [-0.4, -0.2) is 14.1 Å². The third kappa shape index (κ3) is 3.82. The Hall–Kier alpha value is -3.33. The maximum absolute atomic E-state index is 4.94. The van der Waals surface area contributed by atoms with E-state index >= 15 is 0 Å². The standard InChI is InChI=1S/C34H37N3/c1-36-29-20-12-11-19-27(29)32-30(36)23-28(24-13-5-2-6-14-24)33(31(32)25-15-7-3-8-16-25)37-22-21-35-34(37)26-17-9-4-10-18-26/h4,9-12,17-25H,2-3,5-8,13-16H2,1H3. The van der Waals surface area contributed by atoms with E-state index in [9.17, 15) is 0 Å². The highest BCUT2D eigenvalue weighted by Crippen LogP contribution is 2.48. The summed E-state index contributed by atoms with van der Waals surface area (Å²) in [5.74, 6) is 2.26. The van der Waals surface area contributed by atoms with Gasteiger partial charge in [-0.15, -0.1) is 0 Å². The third-order valence-electron chi connectivity index (χ3n) is 9.21. The van der Waals surface area contributed by atoms with E-state index < -0.39 is 0 Å². The smallest absolute Gasteiger partial charge is 0.144 e. The van der Waals surface area contributed by atoms with Crippen LogP contribution < -0.4 is 0 Å². The van der Waals surface area contributed by atoms with Crippen molar-refractivity contribution < 1.29 is 0 Å². The Balaban J connectivity index is 1.61. The summed E-state index contributed by atoms with van der Waals surface area (Å²) in [6.45, 7) is 0. The first-order chi connectivity index (χ1) is 18.3. The normalized spacial score (nSPS) is 17.6. The van der Waals surface area contributed by atoms with Crippen LogP contribution in [0.1, 0.15) is 87.2 Å². The van der Waals surface area contributed by atoms with E-state index in [1.165, 1.54) is 97.3 Å². The van der Waals surface area contributed by atoms with E-state index in [0.717, 1.165) is 5.82 Å². The minimum Gasteiger partial charge on any atom is -0.344 e. The summed E-state index contributed by atoms with van der Waals surface area (Å²) in [5, 5.41) is 2.88. The molecule has 3 aromatic carbocycles. The van der Waals surface area contributed by atoms with Crippen LogP contribution >= 0.6 is 0 Å². The van der Waals surface area contributed by atoms with Crippen molar-refractivity contribution in [1.82, 2.24) is 14.1 Å². The minimum absolute atomic E-state index is 0.589. The van der Waals surface area contributed by atoms with Gasteiger partial charge >= 0.3 is 0 Å². The number of rotatable bonds is 4. The van der Waals surface area contributed by atoms with Crippen LogP contribution in [0.15, 0.2) is 73.1 Å². The molecule has 0 spiro atoms. The summed E-state index contributed by atoms with van der Waals surface area (Å²) in [7, 11) is 2.27. The molecule has 0 bridgehead atoms. The second kappa shape index (κ2) is 9.52. The Kier molecular flexibility index (Phi) is 5.88. The first kappa shape index (κ1) is 22.8. The monoisotopic (exact) mass is 487 g/mol. The molecule has 0 amide bonds. The Morgan fingerprint density at radius 1 is 0.730 bits per heavy atom. The fraction of sp³-hybridized carbons (Fsp3) is 0.382. The number of aromatic nitrogens is 3. The second-order valence-corrected chi connectivity index (χ2v) is 11.4. The van der Waals surface area contributed by atoms with Crippen molar-refractivity contribution in [3.63, 3.8) is 0 Å². The average Bonchev–Trinajstić information content (AvgIpc) is 3.57. The number of aryl methyl sites for hydroxylation is 1. The summed E-state index contributed by atoms with van der Waals surface area (Å²) < 4.78 is 4.92. The molecule has 7 rings (SSSR count). The van der Waals surface area contributed by atoms with Crippen molar-refractivity contribution in [3.8, 4) is 17.1 Å². The Morgan fingerprint density at radius 2 is 1.41 bits per heavy atom. The van der Waals surface area contributed by atoms with Gasteiger partial charge in [0.1, 0.15) is 5.82 Å². The average molecular weight is 488 g/mol. The van der Waals surface area contributed by atoms with Crippen molar-refractivity contribution >= 4 is 21.8 Å². The number of hydrogen-bond donors (Lipinski definition) is 0. The quantitative estimate of drug-likeness (QED) is 0.248. The van der Waals surface area contributed by atoms with Gasteiger partial charge in [-0.1, -0.05) is 87.1 Å². The fourth-order valence-corrected chi connectivity index (χ4v) is 7.42. The lowest BCUT2D eigenvalue weighted by atomic mass is 9.77. The highest BCUT2D eigenvalue weighted by Gasteiger charge is 2.30. The number of hydrogen-bond acceptors (Lipinski definition) is 1. The Labute approximate surface area is 220 Å². The van der Waals surface area contributed by atoms with Gasteiger partial charge in [0.2, 0.25) is 0 Å². The van der Waals surface area contributed by atoms with E-state index in [1.54, 1.807) is 11.1 Å². The fourth-order valence-electron chi connectivity index (χ4n) is 7.42. The van der Waals surface area contributed by atoms with Gasteiger partial charge < -0.3 is 4.57 Å². The van der Waals surface area contributed by atoms with Crippen molar-refractivity contribution in [1.29, 1.82) is 0 Å². The van der Waals surface area contributed by atoms with Crippen LogP contribution in [0, 0.1) is 0 Å². The number of imidazole rings is 1. The molecule has 0 radical (unpaired) electrons. The summed E-state index contributed by atoms with van der Waals surface area (Å²) in [6.07, 6.45) is 17.5. The van der Waals surface area contributed by atoms with E-state index in [4.69, 9.17) is 4.98 Å². The molecule has 0 atom stereocenters. The van der Waals surface area contributed by atoms with Gasteiger partial charge in [-0.25, -0.2) is 4.98 Å². The van der Waals surface area contributed by atoms with E-state index in [0.29, 0.717) is 11.8 Å². The summed E-state index contributed by atoms with van der Waals surface area (Å²) in [5.41, 5.74) is 8.52. The maximum atomic E-state index is 4.94. The second-order valence-electron chi connectivity index (χ2n) is 11.4. The zero-order valence-electron chi connectivity index (χ0n) is 22.0. The molecule has 3 nitrogen and oxygen atoms in total. The summed E-state index contributed by atoms with van der Waals surface area (Å²) in [4.78, 5) is 4.94. The largest absolute Gasteiger partial charge is 0.344 e. The summed E-state index contributed by atoms with van der Waals surface area (Å²) in [6, 6.07) is 22.4. The van der Waals surface area contributed by atoms with Crippen molar-refractivity contribution in [2.24, 2.45) is 7.05 Å². The highest BCUT2D eigenvalue weighted by molar-refractivity contribution is 6.11. The minimum atomic E-state index is 0.589. The van der Waals surface area contributed by atoms with Gasteiger partial charge in [0.25, 0.3) is 0 Å². The maximum Gasteiger partial charge on any atom is 0.144 e. The Bertz CT molecular complexity index is 1540. The van der Waals surface area contributed by atoms with E-state index in [2.05, 4.69) is 83.0 Å². The number of fused-ring (bicyclic) bond motifs is 3. The number of benzene rings is 3. The van der Waals surface area contributed by atoms with Gasteiger partial charge in [-0.2, -0.15) is 0 Å². The van der Waals surface area contributed by atoms with Crippen LogP contribution in [0.4, 0.5) is 0 Å². The van der Waals surface area contributed by atoms with Crippen molar-refractivity contribution in [2.45, 2.75) is 76.0 Å². The molecule has 5 aromatic rings. The Morgan fingerprint density at radius 3 is 2.16 bits per heavy atom. The molecule has 2 aliphatic carbocycles. The molecular weight excluding hydrogens is 450 g/mol. The highest BCUT2D eigenvalue weighted by atomic mass is 15.1. The van der Waals surface area contributed by atoms with Crippen molar-refractivity contribution in [3.05, 3.63) is 84.2 Å². The molecular formula is C34H37N3. The number of para-hydroxylation sites is 1. The van der Waals surface area contributed by atoms with Gasteiger partial charge in [-0.05, 0) is 60.8 Å². The SMILES string of the molecule is Cn1c2ccccc2c2c(C3CCCCC3)c(-n3ccnc3-c3ccccc3)c(C3CCCCC3)cc21. The lowest BCUT2D eigenvalue weighted by molar-refractivity contribution is 0.435. The molecule has 0 aliphatic heterocycles. The van der Waals surface area contributed by atoms with E-state index in [-0.39, 0.29) is 0 Å². The van der Waals surface area contributed by atoms with Gasteiger partial charge in [0, 0.05) is 46.8 Å².